The highest BCUT2D eigenvalue weighted by molar-refractivity contribution is 5.93. The second-order valence-corrected chi connectivity index (χ2v) is 6.73. The molecule has 0 N–H and O–H groups in total. The number of allylic oxidation sites excluding steroid dienone is 1. The normalized spacial score (nSPS) is 10.8. The van der Waals surface area contributed by atoms with E-state index in [1.807, 2.05) is 30.3 Å². The van der Waals surface area contributed by atoms with E-state index >= 15 is 0 Å². The van der Waals surface area contributed by atoms with Gasteiger partial charge < -0.3 is 13.9 Å². The fourth-order valence-electron chi connectivity index (χ4n) is 2.80. The summed E-state index contributed by atoms with van der Waals surface area (Å²) < 4.78 is 15.8. The highest BCUT2D eigenvalue weighted by atomic mass is 16.5. The van der Waals surface area contributed by atoms with Gasteiger partial charge in [-0.15, -0.1) is 0 Å². The molecule has 0 spiro atoms. The van der Waals surface area contributed by atoms with Crippen molar-refractivity contribution in [2.24, 2.45) is 0 Å². The number of aryl methyl sites for hydroxylation is 1. The molecule has 2 aromatic rings. The first-order chi connectivity index (χ1) is 14.6. The van der Waals surface area contributed by atoms with Gasteiger partial charge in [0.15, 0.2) is 11.5 Å². The number of benzene rings is 1. The quantitative estimate of drug-likeness (QED) is 0.276. The number of carbonyl (C=O) groups excluding carboxylic acids is 2. The molecule has 6 nitrogen and oxygen atoms in total. The van der Waals surface area contributed by atoms with Gasteiger partial charge in [-0.25, -0.2) is 0 Å². The Bertz CT molecular complexity index is 882. The predicted octanol–water partition coefficient (Wildman–Crippen LogP) is 4.36. The molecule has 1 aromatic heterocycles. The van der Waals surface area contributed by atoms with Crippen LogP contribution in [0.15, 0.2) is 57.9 Å². The predicted molar refractivity (Wildman–Crippen MR) is 114 cm³/mol. The van der Waals surface area contributed by atoms with E-state index in [2.05, 4.69) is 0 Å². The number of hydrogen-bond acceptors (Lipinski definition) is 6. The Hall–Kier alpha value is -3.15. The van der Waals surface area contributed by atoms with Gasteiger partial charge in [0.25, 0.3) is 0 Å². The van der Waals surface area contributed by atoms with Crippen LogP contribution in [0.2, 0.25) is 0 Å². The fourth-order valence-corrected chi connectivity index (χ4v) is 2.80. The number of hydrogen-bond donors (Lipinski definition) is 0. The lowest BCUT2D eigenvalue weighted by Gasteiger charge is -2.07. The van der Waals surface area contributed by atoms with Crippen LogP contribution in [0, 0.1) is 0 Å². The molecule has 0 bridgehead atoms. The molecule has 0 atom stereocenters. The Labute approximate surface area is 176 Å². The number of ketones is 1. The number of ether oxygens (including phenoxy) is 2. The van der Waals surface area contributed by atoms with Crippen molar-refractivity contribution in [3.8, 4) is 5.75 Å². The highest BCUT2D eigenvalue weighted by Crippen LogP contribution is 2.16. The molecular weight excluding hydrogens is 384 g/mol. The second-order valence-electron chi connectivity index (χ2n) is 6.73. The standard InChI is InChI=1S/C24H28O6/c1-2-28-23(27)11-7-4-8-17-30-24-21(26)16-18-29-22(24)15-14-20(25)13-12-19-9-5-3-6-10-19/h3,5-6,9-10,14-16,18H,2,4,7-8,11-13,17H2,1H3/b15-14+. The Morgan fingerprint density at radius 2 is 1.83 bits per heavy atom. The summed E-state index contributed by atoms with van der Waals surface area (Å²) >= 11 is 0. The molecule has 1 aromatic carbocycles. The Morgan fingerprint density at radius 3 is 2.60 bits per heavy atom. The lowest BCUT2D eigenvalue weighted by molar-refractivity contribution is -0.143. The Kier molecular flexibility index (Phi) is 10.1. The number of unbranched alkanes of at least 4 members (excludes halogenated alkanes) is 2. The van der Waals surface area contributed by atoms with Crippen molar-refractivity contribution in [1.29, 1.82) is 0 Å². The van der Waals surface area contributed by atoms with Crippen molar-refractivity contribution in [2.75, 3.05) is 13.2 Å². The summed E-state index contributed by atoms with van der Waals surface area (Å²) in [7, 11) is 0. The van der Waals surface area contributed by atoms with Crippen LogP contribution in [-0.2, 0) is 20.7 Å². The molecule has 0 amide bonds. The minimum absolute atomic E-state index is 0.0599. The fraction of sp³-hybridized carbons (Fsp3) is 0.375. The van der Waals surface area contributed by atoms with E-state index in [9.17, 15) is 14.4 Å². The zero-order valence-electron chi connectivity index (χ0n) is 17.3. The molecule has 6 heteroatoms. The zero-order chi connectivity index (χ0) is 21.6. The summed E-state index contributed by atoms with van der Waals surface area (Å²) in [6.45, 7) is 2.48. The van der Waals surface area contributed by atoms with Gasteiger partial charge in [-0.3, -0.25) is 14.4 Å². The van der Waals surface area contributed by atoms with Gasteiger partial charge in [-0.1, -0.05) is 30.3 Å². The van der Waals surface area contributed by atoms with E-state index in [1.165, 1.54) is 24.5 Å². The van der Waals surface area contributed by atoms with Gasteiger partial charge in [-0.05, 0) is 50.3 Å². The molecule has 160 valence electrons. The van der Waals surface area contributed by atoms with Crippen molar-refractivity contribution in [1.82, 2.24) is 0 Å². The average Bonchev–Trinajstić information content (AvgIpc) is 2.75. The van der Waals surface area contributed by atoms with Crippen LogP contribution in [0.3, 0.4) is 0 Å². The summed E-state index contributed by atoms with van der Waals surface area (Å²) in [6.07, 6.45) is 7.73. The van der Waals surface area contributed by atoms with Gasteiger partial charge in [0.05, 0.1) is 19.5 Å². The van der Waals surface area contributed by atoms with Crippen LogP contribution < -0.4 is 10.2 Å². The summed E-state index contributed by atoms with van der Waals surface area (Å²) in [5.74, 6) is 0.0545. The average molecular weight is 412 g/mol. The molecule has 0 fully saturated rings. The van der Waals surface area contributed by atoms with E-state index in [0.29, 0.717) is 45.3 Å². The van der Waals surface area contributed by atoms with Crippen LogP contribution in [0.5, 0.6) is 5.75 Å². The number of esters is 1. The third kappa shape index (κ3) is 8.47. The van der Waals surface area contributed by atoms with E-state index < -0.39 is 0 Å². The number of rotatable bonds is 13. The smallest absolute Gasteiger partial charge is 0.305 e. The summed E-state index contributed by atoms with van der Waals surface area (Å²) in [5.41, 5.74) is 0.793. The lowest BCUT2D eigenvalue weighted by Crippen LogP contribution is -2.10. The molecule has 0 radical (unpaired) electrons. The first-order valence-corrected chi connectivity index (χ1v) is 10.2. The summed E-state index contributed by atoms with van der Waals surface area (Å²) in [6, 6.07) is 11.1. The maximum absolute atomic E-state index is 12.1. The van der Waals surface area contributed by atoms with Gasteiger partial charge in [0, 0.05) is 18.9 Å². The molecule has 0 aliphatic rings. The first-order valence-electron chi connectivity index (χ1n) is 10.2. The Balaban J connectivity index is 1.82. The van der Waals surface area contributed by atoms with Crippen molar-refractivity contribution in [3.05, 3.63) is 70.3 Å². The van der Waals surface area contributed by atoms with Crippen LogP contribution >= 0.6 is 0 Å². The molecule has 1 heterocycles. The maximum Gasteiger partial charge on any atom is 0.305 e. The van der Waals surface area contributed by atoms with Gasteiger partial charge in [0.1, 0.15) is 0 Å². The second kappa shape index (κ2) is 13.1. The SMILES string of the molecule is CCOC(=O)CCCCCOc1c(/C=C/C(=O)CCc2ccccc2)occc1=O. The van der Waals surface area contributed by atoms with Crippen molar-refractivity contribution >= 4 is 17.8 Å². The molecule has 0 saturated carbocycles. The highest BCUT2D eigenvalue weighted by Gasteiger charge is 2.09. The Morgan fingerprint density at radius 1 is 1.03 bits per heavy atom. The lowest BCUT2D eigenvalue weighted by atomic mass is 10.1. The topological polar surface area (TPSA) is 82.8 Å². The van der Waals surface area contributed by atoms with Crippen molar-refractivity contribution in [2.45, 2.75) is 45.4 Å². The van der Waals surface area contributed by atoms with Crippen LogP contribution in [0.1, 0.15) is 50.4 Å². The largest absolute Gasteiger partial charge is 0.486 e. The van der Waals surface area contributed by atoms with Crippen LogP contribution in [-0.4, -0.2) is 25.0 Å². The van der Waals surface area contributed by atoms with E-state index in [-0.39, 0.29) is 28.7 Å². The third-order valence-electron chi connectivity index (χ3n) is 4.36. The maximum atomic E-state index is 12.1. The summed E-state index contributed by atoms with van der Waals surface area (Å²) in [5, 5.41) is 0. The molecule has 0 aliphatic heterocycles. The molecule has 0 saturated heterocycles. The van der Waals surface area contributed by atoms with Crippen LogP contribution in [0.25, 0.3) is 6.08 Å². The van der Waals surface area contributed by atoms with E-state index in [4.69, 9.17) is 13.9 Å². The molecule has 0 unspecified atom stereocenters. The monoisotopic (exact) mass is 412 g/mol. The van der Waals surface area contributed by atoms with Gasteiger partial charge >= 0.3 is 5.97 Å². The van der Waals surface area contributed by atoms with Crippen LogP contribution in [0.4, 0.5) is 0 Å². The first kappa shape index (κ1) is 23.1. The van der Waals surface area contributed by atoms with Crippen molar-refractivity contribution in [3.63, 3.8) is 0 Å². The molecule has 2 rings (SSSR count). The number of carbonyl (C=O) groups is 2. The molecular formula is C24H28O6. The van der Waals surface area contributed by atoms with E-state index in [0.717, 1.165) is 12.0 Å². The molecule has 0 aliphatic carbocycles. The van der Waals surface area contributed by atoms with Gasteiger partial charge in [-0.2, -0.15) is 0 Å². The third-order valence-corrected chi connectivity index (χ3v) is 4.36. The summed E-state index contributed by atoms with van der Waals surface area (Å²) in [4.78, 5) is 35.5. The molecule has 30 heavy (non-hydrogen) atoms. The zero-order valence-corrected chi connectivity index (χ0v) is 17.3. The minimum Gasteiger partial charge on any atom is -0.486 e. The van der Waals surface area contributed by atoms with E-state index in [1.54, 1.807) is 6.92 Å². The van der Waals surface area contributed by atoms with Gasteiger partial charge in [0.2, 0.25) is 11.2 Å². The van der Waals surface area contributed by atoms with Crippen molar-refractivity contribution < 1.29 is 23.5 Å². The minimum atomic E-state index is -0.302.